The van der Waals surface area contributed by atoms with Crippen molar-refractivity contribution in [2.24, 2.45) is 0 Å². The van der Waals surface area contributed by atoms with Crippen LogP contribution in [0.3, 0.4) is 0 Å². The number of rotatable bonds is 5. The van der Waals surface area contributed by atoms with E-state index in [4.69, 9.17) is 0 Å². The van der Waals surface area contributed by atoms with E-state index in [1.165, 1.54) is 12.1 Å². The average molecular weight is 854 g/mol. The lowest BCUT2D eigenvalue weighted by Gasteiger charge is -2.25. The van der Waals surface area contributed by atoms with E-state index >= 15 is 26.3 Å². The van der Waals surface area contributed by atoms with Crippen LogP contribution in [0.25, 0.3) is 88.4 Å². The number of nitrogens with zero attached hydrogens (tertiary/aromatic N) is 3. The van der Waals surface area contributed by atoms with Gasteiger partial charge in [0.25, 0.3) is 0 Å². The van der Waals surface area contributed by atoms with Crippen molar-refractivity contribution < 1.29 is 26.3 Å². The zero-order chi connectivity index (χ0) is 44.8. The maximum absolute atomic E-state index is 15.6. The van der Waals surface area contributed by atoms with E-state index in [0.717, 1.165) is 72.1 Å². The van der Waals surface area contributed by atoms with Gasteiger partial charge in [-0.05, 0) is 110 Å². The van der Waals surface area contributed by atoms with Gasteiger partial charge in [0, 0.05) is 32.7 Å². The SMILES string of the molecule is Cc1ccc(-c2ccc3c4ccccc4n(-c4cc(C#N)cc(-n5c6ccccc6c6ccc(-c7ccc(C)cc7C)cc65)c4-c4c(C(F)(F)F)cccc4C(F)(F)F)c3c2)c(C)c1. The quantitative estimate of drug-likeness (QED) is 0.159. The third-order valence-corrected chi connectivity index (χ3v) is 12.4. The number of para-hydroxylation sites is 2. The van der Waals surface area contributed by atoms with Gasteiger partial charge in [-0.15, -0.1) is 0 Å². The van der Waals surface area contributed by atoms with E-state index in [9.17, 15) is 5.26 Å². The standard InChI is InChI=1S/C55H37F6N3/c1-31-16-20-38(33(3)24-31)36-18-22-42-40-10-5-7-14-46(40)63(48(42)28-36)50-26-35(30-62)27-51(53(50)52-44(54(56,57)58)12-9-13-45(52)55(59,60)61)64-47-15-8-6-11-41(47)43-23-19-37(29-49(43)64)39-21-17-32(2)25-34(39)4/h5-29H,1-4H3. The van der Waals surface area contributed by atoms with E-state index in [0.29, 0.717) is 34.2 Å². The molecule has 0 aliphatic rings. The summed E-state index contributed by atoms with van der Waals surface area (Å²) in [4.78, 5) is 0. The normalized spacial score (nSPS) is 12.2. The van der Waals surface area contributed by atoms with E-state index < -0.39 is 29.0 Å². The topological polar surface area (TPSA) is 33.6 Å². The van der Waals surface area contributed by atoms with Crippen LogP contribution < -0.4 is 0 Å². The maximum Gasteiger partial charge on any atom is 0.417 e. The first-order valence-corrected chi connectivity index (χ1v) is 20.7. The van der Waals surface area contributed by atoms with Crippen LogP contribution in [-0.2, 0) is 12.4 Å². The van der Waals surface area contributed by atoms with Crippen molar-refractivity contribution in [1.82, 2.24) is 9.13 Å². The van der Waals surface area contributed by atoms with Gasteiger partial charge in [0.05, 0.1) is 56.2 Å². The minimum atomic E-state index is -5.22. The molecule has 10 rings (SSSR count). The number of hydrogen-bond acceptors (Lipinski definition) is 1. The Kier molecular flexibility index (Phi) is 9.35. The largest absolute Gasteiger partial charge is 0.417 e. The fourth-order valence-electron chi connectivity index (χ4n) is 9.65. The molecule has 64 heavy (non-hydrogen) atoms. The predicted molar refractivity (Wildman–Crippen MR) is 245 cm³/mol. The number of nitriles is 1. The summed E-state index contributed by atoms with van der Waals surface area (Å²) in [6.07, 6.45) is -10.4. The average Bonchev–Trinajstić information content (AvgIpc) is 3.77. The molecular formula is C55H37F6N3. The highest BCUT2D eigenvalue weighted by atomic mass is 19.4. The molecular weight excluding hydrogens is 817 g/mol. The Balaban J connectivity index is 1.43. The molecule has 0 saturated carbocycles. The molecule has 3 nitrogen and oxygen atoms in total. The first-order chi connectivity index (χ1) is 30.6. The third kappa shape index (κ3) is 6.52. The van der Waals surface area contributed by atoms with Crippen LogP contribution in [0.2, 0.25) is 0 Å². The van der Waals surface area contributed by atoms with Crippen LogP contribution in [0.5, 0.6) is 0 Å². The molecule has 0 aliphatic heterocycles. The van der Waals surface area contributed by atoms with Crippen molar-refractivity contribution in [2.75, 3.05) is 0 Å². The Morgan fingerprint density at radius 1 is 0.422 bits per heavy atom. The lowest BCUT2D eigenvalue weighted by molar-refractivity contribution is -0.142. The Morgan fingerprint density at radius 3 is 1.25 bits per heavy atom. The molecule has 0 spiro atoms. The molecule has 2 aromatic heterocycles. The highest BCUT2D eigenvalue weighted by Gasteiger charge is 2.43. The number of benzene rings is 8. The van der Waals surface area contributed by atoms with Gasteiger partial charge in [-0.25, -0.2) is 0 Å². The molecule has 0 aliphatic carbocycles. The maximum atomic E-state index is 15.6. The zero-order valence-electron chi connectivity index (χ0n) is 35.0. The molecule has 9 heteroatoms. The van der Waals surface area contributed by atoms with E-state index in [1.807, 2.05) is 113 Å². The molecule has 314 valence electrons. The number of aromatic nitrogens is 2. The summed E-state index contributed by atoms with van der Waals surface area (Å²) in [5.74, 6) is 0. The minimum Gasteiger partial charge on any atom is -0.308 e. The van der Waals surface area contributed by atoms with Gasteiger partial charge in [0.2, 0.25) is 0 Å². The number of halogens is 6. The van der Waals surface area contributed by atoms with Gasteiger partial charge in [0.15, 0.2) is 0 Å². The lowest BCUT2D eigenvalue weighted by atomic mass is 9.89. The zero-order valence-corrected chi connectivity index (χ0v) is 35.0. The second kappa shape index (κ2) is 14.8. The third-order valence-electron chi connectivity index (χ3n) is 12.4. The Bertz CT molecular complexity index is 3370. The Labute approximate surface area is 364 Å². The van der Waals surface area contributed by atoms with Crippen LogP contribution >= 0.6 is 0 Å². The highest BCUT2D eigenvalue weighted by molar-refractivity contribution is 6.13. The van der Waals surface area contributed by atoms with Crippen molar-refractivity contribution in [3.05, 3.63) is 191 Å². The highest BCUT2D eigenvalue weighted by Crippen LogP contribution is 2.51. The van der Waals surface area contributed by atoms with Crippen molar-refractivity contribution in [1.29, 1.82) is 5.26 Å². The molecule has 0 unspecified atom stereocenters. The summed E-state index contributed by atoms with van der Waals surface area (Å²) in [5, 5.41) is 13.8. The van der Waals surface area contributed by atoms with Crippen LogP contribution in [0.15, 0.2) is 152 Å². The molecule has 0 N–H and O–H groups in total. The molecule has 0 bridgehead atoms. The van der Waals surface area contributed by atoms with Crippen molar-refractivity contribution in [3.8, 4) is 50.8 Å². The molecule has 2 heterocycles. The van der Waals surface area contributed by atoms with Crippen LogP contribution in [-0.4, -0.2) is 9.13 Å². The molecule has 0 saturated heterocycles. The molecule has 10 aromatic rings. The van der Waals surface area contributed by atoms with Gasteiger partial charge in [-0.2, -0.15) is 31.6 Å². The van der Waals surface area contributed by atoms with Gasteiger partial charge in [0.1, 0.15) is 0 Å². The molecule has 0 atom stereocenters. The van der Waals surface area contributed by atoms with Crippen molar-refractivity contribution in [3.63, 3.8) is 0 Å². The number of hydrogen-bond donors (Lipinski definition) is 0. The first kappa shape index (κ1) is 40.5. The van der Waals surface area contributed by atoms with Crippen LogP contribution in [0, 0.1) is 39.0 Å². The number of alkyl halides is 6. The summed E-state index contributed by atoms with van der Waals surface area (Å²) < 4.78 is 97.0. The van der Waals surface area contributed by atoms with Crippen LogP contribution in [0.4, 0.5) is 26.3 Å². The molecule has 0 amide bonds. The smallest absolute Gasteiger partial charge is 0.308 e. The van der Waals surface area contributed by atoms with Gasteiger partial charge >= 0.3 is 12.4 Å². The first-order valence-electron chi connectivity index (χ1n) is 20.7. The van der Waals surface area contributed by atoms with Gasteiger partial charge in [-0.3, -0.25) is 0 Å². The summed E-state index contributed by atoms with van der Waals surface area (Å²) in [5.41, 5.74) is 5.46. The number of fused-ring (bicyclic) bond motifs is 6. The predicted octanol–water partition coefficient (Wildman–Crippen LogP) is 16.0. The summed E-state index contributed by atoms with van der Waals surface area (Å²) in [6.45, 7) is 7.98. The molecule has 0 radical (unpaired) electrons. The van der Waals surface area contributed by atoms with Gasteiger partial charge in [-0.1, -0.05) is 114 Å². The monoisotopic (exact) mass is 853 g/mol. The minimum absolute atomic E-state index is 0.0170. The summed E-state index contributed by atoms with van der Waals surface area (Å²) in [7, 11) is 0. The van der Waals surface area contributed by atoms with E-state index in [-0.39, 0.29) is 22.5 Å². The summed E-state index contributed by atoms with van der Waals surface area (Å²) >= 11 is 0. The fourth-order valence-corrected chi connectivity index (χ4v) is 9.65. The van der Waals surface area contributed by atoms with Crippen LogP contribution in [0.1, 0.15) is 38.9 Å². The Morgan fingerprint density at radius 2 is 0.844 bits per heavy atom. The van der Waals surface area contributed by atoms with E-state index in [1.54, 1.807) is 33.4 Å². The van der Waals surface area contributed by atoms with Crippen molar-refractivity contribution in [2.45, 2.75) is 40.0 Å². The molecule has 8 aromatic carbocycles. The molecule has 0 fully saturated rings. The lowest BCUT2D eigenvalue weighted by Crippen LogP contribution is -2.16. The van der Waals surface area contributed by atoms with Crippen molar-refractivity contribution >= 4 is 43.6 Å². The Hall–Kier alpha value is -7.57. The second-order valence-corrected chi connectivity index (χ2v) is 16.5. The summed E-state index contributed by atoms with van der Waals surface area (Å²) in [6, 6.07) is 45.6. The number of aryl methyl sites for hydroxylation is 4. The fraction of sp³-hybridized carbons (Fsp3) is 0.109. The van der Waals surface area contributed by atoms with Gasteiger partial charge < -0.3 is 9.13 Å². The van der Waals surface area contributed by atoms with E-state index in [2.05, 4.69) is 18.2 Å². The second-order valence-electron chi connectivity index (χ2n) is 16.5.